The zero-order valence-corrected chi connectivity index (χ0v) is 14.9. The van der Waals surface area contributed by atoms with Crippen molar-refractivity contribution in [2.24, 2.45) is 0 Å². The Hall–Kier alpha value is -3.22. The minimum Gasteiger partial charge on any atom is -0.505 e. The van der Waals surface area contributed by atoms with Crippen LogP contribution in [0.15, 0.2) is 36.4 Å². The van der Waals surface area contributed by atoms with Gasteiger partial charge < -0.3 is 9.84 Å². The van der Waals surface area contributed by atoms with Crippen molar-refractivity contribution in [3.8, 4) is 5.75 Å². The molecule has 1 unspecified atom stereocenters. The summed E-state index contributed by atoms with van der Waals surface area (Å²) in [7, 11) is 1.21. The molecule has 3 aromatic rings. The van der Waals surface area contributed by atoms with Gasteiger partial charge in [-0.3, -0.25) is 14.2 Å². The molecule has 27 heavy (non-hydrogen) atoms. The first kappa shape index (κ1) is 18.6. The molecular weight excluding hydrogens is 356 g/mol. The van der Waals surface area contributed by atoms with Crippen molar-refractivity contribution in [2.45, 2.75) is 19.8 Å². The van der Waals surface area contributed by atoms with Crippen LogP contribution in [0.5, 0.6) is 5.75 Å². The summed E-state index contributed by atoms with van der Waals surface area (Å²) >= 11 is 0. The van der Waals surface area contributed by atoms with Crippen LogP contribution in [0.1, 0.15) is 34.5 Å². The molecule has 1 N–H and O–H groups in total. The van der Waals surface area contributed by atoms with Gasteiger partial charge in [-0.2, -0.15) is 0 Å². The highest BCUT2D eigenvalue weighted by Crippen LogP contribution is 2.37. The standard InChI is InChI=1S/C20H17F2NO4/c1-10(20(26)27-3)16-11(2)23(14-7-8-15(24)18(22)17(14)16)19(25)12-5-4-6-13(21)9-12/h4-10,24H,1-3H3. The number of hydrogen-bond donors (Lipinski definition) is 1. The third kappa shape index (κ3) is 2.95. The maximum Gasteiger partial charge on any atom is 0.312 e. The number of phenols is 1. The molecule has 2 aromatic carbocycles. The van der Waals surface area contributed by atoms with Gasteiger partial charge >= 0.3 is 5.97 Å². The van der Waals surface area contributed by atoms with Gasteiger partial charge in [-0.25, -0.2) is 8.78 Å². The highest BCUT2D eigenvalue weighted by atomic mass is 19.1. The number of carbonyl (C=O) groups excluding carboxylic acids is 2. The Morgan fingerprint density at radius 1 is 1.19 bits per heavy atom. The quantitative estimate of drug-likeness (QED) is 0.707. The minimum atomic E-state index is -0.938. The summed E-state index contributed by atoms with van der Waals surface area (Å²) in [5.74, 6) is -4.19. The van der Waals surface area contributed by atoms with Crippen molar-refractivity contribution in [3.63, 3.8) is 0 Å². The van der Waals surface area contributed by atoms with Gasteiger partial charge in [0.25, 0.3) is 5.91 Å². The number of carbonyl (C=O) groups is 2. The van der Waals surface area contributed by atoms with E-state index in [-0.39, 0.29) is 22.0 Å². The smallest absolute Gasteiger partial charge is 0.312 e. The third-order valence-corrected chi connectivity index (χ3v) is 4.60. The highest BCUT2D eigenvalue weighted by Gasteiger charge is 2.29. The molecule has 0 aliphatic carbocycles. The van der Waals surface area contributed by atoms with E-state index in [1.54, 1.807) is 6.92 Å². The molecule has 0 aliphatic heterocycles. The fraction of sp³-hybridized carbons (Fsp3) is 0.200. The average Bonchev–Trinajstić information content (AvgIpc) is 2.95. The Morgan fingerprint density at radius 2 is 1.89 bits per heavy atom. The summed E-state index contributed by atoms with van der Waals surface area (Å²) in [6.07, 6.45) is 0. The number of esters is 1. The van der Waals surface area contributed by atoms with Crippen LogP contribution >= 0.6 is 0 Å². The third-order valence-electron chi connectivity index (χ3n) is 4.60. The van der Waals surface area contributed by atoms with Gasteiger partial charge in [-0.05, 0) is 49.7 Å². The predicted octanol–water partition coefficient (Wildman–Crippen LogP) is 3.90. The maximum atomic E-state index is 14.7. The zero-order valence-electron chi connectivity index (χ0n) is 14.9. The summed E-state index contributed by atoms with van der Waals surface area (Å²) in [5.41, 5.74) is 0.778. The molecule has 3 rings (SSSR count). The van der Waals surface area contributed by atoms with Gasteiger partial charge in [0, 0.05) is 16.6 Å². The van der Waals surface area contributed by atoms with E-state index in [0.29, 0.717) is 5.69 Å². The van der Waals surface area contributed by atoms with Gasteiger partial charge in [0.15, 0.2) is 11.6 Å². The zero-order chi connectivity index (χ0) is 19.9. The molecule has 0 aliphatic rings. The minimum absolute atomic E-state index is 0.0462. The number of fused-ring (bicyclic) bond motifs is 1. The first-order valence-electron chi connectivity index (χ1n) is 8.18. The van der Waals surface area contributed by atoms with Crippen molar-refractivity contribution < 1.29 is 28.2 Å². The van der Waals surface area contributed by atoms with Crippen LogP contribution in [0, 0.1) is 18.6 Å². The summed E-state index contributed by atoms with van der Waals surface area (Å²) in [6.45, 7) is 3.08. The van der Waals surface area contributed by atoms with Crippen molar-refractivity contribution in [1.82, 2.24) is 4.57 Å². The van der Waals surface area contributed by atoms with Crippen LogP contribution in [0.25, 0.3) is 10.9 Å². The normalized spacial score (nSPS) is 12.2. The molecule has 5 nitrogen and oxygen atoms in total. The lowest BCUT2D eigenvalue weighted by Gasteiger charge is -2.11. The Morgan fingerprint density at radius 3 is 2.52 bits per heavy atom. The number of benzene rings is 2. The van der Waals surface area contributed by atoms with Crippen molar-refractivity contribution in [2.75, 3.05) is 7.11 Å². The fourth-order valence-corrected chi connectivity index (χ4v) is 3.32. The molecule has 140 valence electrons. The van der Waals surface area contributed by atoms with E-state index < -0.39 is 35.2 Å². The summed E-state index contributed by atoms with van der Waals surface area (Å²) in [6, 6.07) is 7.63. The molecule has 1 heterocycles. The first-order chi connectivity index (χ1) is 12.8. The van der Waals surface area contributed by atoms with E-state index in [1.807, 2.05) is 0 Å². The van der Waals surface area contributed by atoms with E-state index in [1.165, 1.54) is 42.9 Å². The topological polar surface area (TPSA) is 68.5 Å². The number of methoxy groups -OCH3 is 1. The van der Waals surface area contributed by atoms with E-state index in [9.17, 15) is 23.5 Å². The lowest BCUT2D eigenvalue weighted by Crippen LogP contribution is -2.16. The number of hydrogen-bond acceptors (Lipinski definition) is 4. The van der Waals surface area contributed by atoms with Crippen LogP contribution in [0.3, 0.4) is 0 Å². The molecule has 0 radical (unpaired) electrons. The lowest BCUT2D eigenvalue weighted by atomic mass is 9.97. The Balaban J connectivity index is 2.34. The number of ether oxygens (including phenoxy) is 1. The van der Waals surface area contributed by atoms with Crippen LogP contribution in [0.2, 0.25) is 0 Å². The second-order valence-corrected chi connectivity index (χ2v) is 6.19. The Bertz CT molecular complexity index is 1070. The van der Waals surface area contributed by atoms with Crippen molar-refractivity contribution in [1.29, 1.82) is 0 Å². The van der Waals surface area contributed by atoms with Gasteiger partial charge in [-0.1, -0.05) is 6.07 Å². The summed E-state index contributed by atoms with van der Waals surface area (Å²) < 4.78 is 34.2. The molecule has 0 saturated heterocycles. The van der Waals surface area contributed by atoms with Crippen LogP contribution in [0.4, 0.5) is 8.78 Å². The SMILES string of the molecule is COC(=O)C(C)c1c(C)n(C(=O)c2cccc(F)c2)c2ccc(O)c(F)c12. The van der Waals surface area contributed by atoms with E-state index in [0.717, 1.165) is 12.1 Å². The molecule has 0 saturated carbocycles. The molecule has 0 spiro atoms. The van der Waals surface area contributed by atoms with Gasteiger partial charge in [0.05, 0.1) is 18.5 Å². The molecule has 7 heteroatoms. The maximum absolute atomic E-state index is 14.7. The molecule has 1 aromatic heterocycles. The molecule has 0 fully saturated rings. The second kappa shape index (κ2) is 6.83. The van der Waals surface area contributed by atoms with Gasteiger partial charge in [-0.15, -0.1) is 0 Å². The van der Waals surface area contributed by atoms with E-state index in [2.05, 4.69) is 0 Å². The molecule has 1 atom stereocenters. The Labute approximate surface area is 153 Å². The average molecular weight is 373 g/mol. The van der Waals surface area contributed by atoms with Crippen LogP contribution < -0.4 is 0 Å². The Kier molecular flexibility index (Phi) is 4.70. The summed E-state index contributed by atoms with van der Waals surface area (Å²) in [4.78, 5) is 25.0. The number of aromatic nitrogens is 1. The van der Waals surface area contributed by atoms with E-state index >= 15 is 0 Å². The van der Waals surface area contributed by atoms with Crippen molar-refractivity contribution in [3.05, 3.63) is 64.9 Å². The largest absolute Gasteiger partial charge is 0.505 e. The van der Waals surface area contributed by atoms with Gasteiger partial charge in [0.1, 0.15) is 5.82 Å². The number of halogens is 2. The monoisotopic (exact) mass is 373 g/mol. The molecule has 0 amide bonds. The molecule has 0 bridgehead atoms. The summed E-state index contributed by atoms with van der Waals surface area (Å²) in [5, 5.41) is 9.73. The van der Waals surface area contributed by atoms with Crippen molar-refractivity contribution >= 4 is 22.8 Å². The van der Waals surface area contributed by atoms with Crippen LogP contribution in [-0.2, 0) is 9.53 Å². The molecular formula is C20H17F2NO4. The number of nitrogens with zero attached hydrogens (tertiary/aromatic N) is 1. The predicted molar refractivity (Wildman–Crippen MR) is 94.9 cm³/mol. The fourth-order valence-electron chi connectivity index (χ4n) is 3.32. The lowest BCUT2D eigenvalue weighted by molar-refractivity contribution is -0.141. The highest BCUT2D eigenvalue weighted by molar-refractivity contribution is 6.05. The van der Waals surface area contributed by atoms with Gasteiger partial charge in [0.2, 0.25) is 0 Å². The number of phenolic OH excluding ortho intramolecular Hbond substituents is 1. The van der Waals surface area contributed by atoms with Crippen LogP contribution in [-0.4, -0.2) is 28.7 Å². The van der Waals surface area contributed by atoms with E-state index in [4.69, 9.17) is 4.74 Å². The number of rotatable bonds is 3. The number of aromatic hydroxyl groups is 1. The first-order valence-corrected chi connectivity index (χ1v) is 8.18. The second-order valence-electron chi connectivity index (χ2n) is 6.19.